The van der Waals surface area contributed by atoms with Crippen molar-refractivity contribution in [1.82, 2.24) is 0 Å². The second kappa shape index (κ2) is 7.62. The molecule has 0 spiro atoms. The van der Waals surface area contributed by atoms with E-state index in [1.165, 1.54) is 0 Å². The molecule has 0 aromatic heterocycles. The maximum atomic E-state index is 12.3. The minimum atomic E-state index is -0.416. The predicted octanol–water partition coefficient (Wildman–Crippen LogP) is 4.55. The molecular formula is C21H19NO3. The number of carbonyl (C=O) groups excluding carboxylic acids is 2. The highest BCUT2D eigenvalue weighted by atomic mass is 16.5. The number of esters is 1. The molecule has 1 amide bonds. The fourth-order valence-electron chi connectivity index (χ4n) is 2.62. The van der Waals surface area contributed by atoms with Crippen LogP contribution in [0.4, 0.5) is 5.69 Å². The van der Waals surface area contributed by atoms with Crippen molar-refractivity contribution in [1.29, 1.82) is 0 Å². The second-order valence-corrected chi connectivity index (χ2v) is 5.70. The molecule has 4 nitrogen and oxygen atoms in total. The van der Waals surface area contributed by atoms with E-state index in [9.17, 15) is 9.59 Å². The summed E-state index contributed by atoms with van der Waals surface area (Å²) in [6, 6.07) is 20.7. The summed E-state index contributed by atoms with van der Waals surface area (Å²) in [5.74, 6) is -0.512. The van der Waals surface area contributed by atoms with Gasteiger partial charge >= 0.3 is 5.97 Å². The fourth-order valence-corrected chi connectivity index (χ4v) is 2.62. The number of hydrogen-bond donors (Lipinski definition) is 1. The maximum absolute atomic E-state index is 12.3. The van der Waals surface area contributed by atoms with Gasteiger partial charge in [0.15, 0.2) is 0 Å². The molecule has 25 heavy (non-hydrogen) atoms. The van der Waals surface area contributed by atoms with Gasteiger partial charge in [-0.15, -0.1) is 0 Å². The molecule has 0 fully saturated rings. The van der Waals surface area contributed by atoms with Gasteiger partial charge in [0.1, 0.15) is 6.61 Å². The highest BCUT2D eigenvalue weighted by molar-refractivity contribution is 5.94. The average Bonchev–Trinajstić information content (AvgIpc) is 2.66. The van der Waals surface area contributed by atoms with Crippen molar-refractivity contribution in [2.75, 3.05) is 5.32 Å². The molecule has 4 heteroatoms. The molecule has 1 N–H and O–H groups in total. The number of anilines is 1. The van der Waals surface area contributed by atoms with Crippen molar-refractivity contribution in [3.8, 4) is 0 Å². The minimum Gasteiger partial charge on any atom is -0.457 e. The molecule has 0 radical (unpaired) electrons. The van der Waals surface area contributed by atoms with Gasteiger partial charge in [-0.05, 0) is 34.5 Å². The van der Waals surface area contributed by atoms with Crippen molar-refractivity contribution < 1.29 is 14.3 Å². The van der Waals surface area contributed by atoms with Gasteiger partial charge in [0.25, 0.3) is 0 Å². The van der Waals surface area contributed by atoms with Crippen LogP contribution >= 0.6 is 0 Å². The SMILES string of the molecule is CCC(=O)Nc1cccc(C(=O)OCc2cccc3ccccc23)c1. The predicted molar refractivity (Wildman–Crippen MR) is 98.4 cm³/mol. The number of benzene rings is 3. The Kier molecular flexibility index (Phi) is 5.09. The first-order valence-electron chi connectivity index (χ1n) is 8.21. The van der Waals surface area contributed by atoms with E-state index in [-0.39, 0.29) is 12.5 Å². The Bertz CT molecular complexity index is 912. The third-order valence-corrected chi connectivity index (χ3v) is 3.94. The van der Waals surface area contributed by atoms with Gasteiger partial charge in [0.2, 0.25) is 5.91 Å². The molecule has 126 valence electrons. The molecule has 3 aromatic rings. The molecular weight excluding hydrogens is 314 g/mol. The number of amides is 1. The lowest BCUT2D eigenvalue weighted by molar-refractivity contribution is -0.115. The Labute approximate surface area is 146 Å². The van der Waals surface area contributed by atoms with Crippen molar-refractivity contribution in [2.24, 2.45) is 0 Å². The van der Waals surface area contributed by atoms with Crippen LogP contribution in [0.15, 0.2) is 66.7 Å². The number of carbonyl (C=O) groups is 2. The summed E-state index contributed by atoms with van der Waals surface area (Å²) in [7, 11) is 0. The van der Waals surface area contributed by atoms with Gasteiger partial charge < -0.3 is 10.1 Å². The van der Waals surface area contributed by atoms with E-state index in [0.717, 1.165) is 16.3 Å². The van der Waals surface area contributed by atoms with Gasteiger partial charge in [-0.2, -0.15) is 0 Å². The summed E-state index contributed by atoms with van der Waals surface area (Å²) in [5, 5.41) is 4.92. The molecule has 0 aliphatic carbocycles. The van der Waals surface area contributed by atoms with Crippen molar-refractivity contribution in [2.45, 2.75) is 20.0 Å². The zero-order valence-electron chi connectivity index (χ0n) is 14.0. The monoisotopic (exact) mass is 333 g/mol. The Hall–Kier alpha value is -3.14. The third kappa shape index (κ3) is 4.04. The first-order valence-corrected chi connectivity index (χ1v) is 8.21. The Morgan fingerprint density at radius 2 is 1.72 bits per heavy atom. The third-order valence-electron chi connectivity index (χ3n) is 3.94. The molecule has 3 rings (SSSR count). The summed E-state index contributed by atoms with van der Waals surface area (Å²) in [6.45, 7) is 1.98. The van der Waals surface area contributed by atoms with E-state index in [2.05, 4.69) is 5.32 Å². The van der Waals surface area contributed by atoms with Crippen molar-refractivity contribution in [3.05, 3.63) is 77.9 Å². The Morgan fingerprint density at radius 3 is 2.56 bits per heavy atom. The van der Waals surface area contributed by atoms with Gasteiger partial charge in [-0.25, -0.2) is 4.79 Å². The molecule has 0 aliphatic heterocycles. The van der Waals surface area contributed by atoms with Crippen LogP contribution in [-0.4, -0.2) is 11.9 Å². The first-order chi connectivity index (χ1) is 12.2. The second-order valence-electron chi connectivity index (χ2n) is 5.70. The number of hydrogen-bond acceptors (Lipinski definition) is 3. The summed E-state index contributed by atoms with van der Waals surface area (Å²) in [4.78, 5) is 23.8. The lowest BCUT2D eigenvalue weighted by atomic mass is 10.1. The van der Waals surface area contributed by atoms with Crippen molar-refractivity contribution >= 4 is 28.3 Å². The van der Waals surface area contributed by atoms with E-state index in [1.54, 1.807) is 31.2 Å². The number of ether oxygens (including phenoxy) is 1. The van der Waals surface area contributed by atoms with Crippen LogP contribution < -0.4 is 5.32 Å². The number of rotatable bonds is 5. The molecule has 0 saturated carbocycles. The van der Waals surface area contributed by atoms with E-state index in [0.29, 0.717) is 17.7 Å². The van der Waals surface area contributed by atoms with Crippen LogP contribution in [0.1, 0.15) is 29.3 Å². The Balaban J connectivity index is 1.72. The summed E-state index contributed by atoms with van der Waals surface area (Å²) in [6.07, 6.45) is 0.385. The van der Waals surface area contributed by atoms with E-state index in [1.807, 2.05) is 42.5 Å². The molecule has 3 aromatic carbocycles. The number of nitrogens with one attached hydrogen (secondary N) is 1. The lowest BCUT2D eigenvalue weighted by Gasteiger charge is -2.09. The summed E-state index contributed by atoms with van der Waals surface area (Å²) < 4.78 is 5.46. The molecule has 0 heterocycles. The van der Waals surface area contributed by atoms with Crippen LogP contribution in [0.5, 0.6) is 0 Å². The summed E-state index contributed by atoms with van der Waals surface area (Å²) >= 11 is 0. The van der Waals surface area contributed by atoms with Crippen LogP contribution in [0.3, 0.4) is 0 Å². The zero-order chi connectivity index (χ0) is 17.6. The van der Waals surface area contributed by atoms with Gasteiger partial charge in [0, 0.05) is 12.1 Å². The maximum Gasteiger partial charge on any atom is 0.338 e. The van der Waals surface area contributed by atoms with E-state index >= 15 is 0 Å². The van der Waals surface area contributed by atoms with E-state index in [4.69, 9.17) is 4.74 Å². The molecule has 0 unspecified atom stereocenters. The van der Waals surface area contributed by atoms with Crippen LogP contribution in [0.25, 0.3) is 10.8 Å². The highest BCUT2D eigenvalue weighted by Gasteiger charge is 2.10. The van der Waals surface area contributed by atoms with Crippen molar-refractivity contribution in [3.63, 3.8) is 0 Å². The zero-order valence-corrected chi connectivity index (χ0v) is 14.0. The highest BCUT2D eigenvalue weighted by Crippen LogP contribution is 2.20. The quantitative estimate of drug-likeness (QED) is 0.697. The standard InChI is InChI=1S/C21H19NO3/c1-2-20(23)22-18-11-6-9-16(13-18)21(24)25-14-17-10-5-8-15-7-3-4-12-19(15)17/h3-13H,2,14H2,1H3,(H,22,23). The van der Waals surface area contributed by atoms with Crippen LogP contribution in [0, 0.1) is 0 Å². The molecule has 0 atom stereocenters. The first kappa shape index (κ1) is 16.7. The normalized spacial score (nSPS) is 10.4. The largest absolute Gasteiger partial charge is 0.457 e. The van der Waals surface area contributed by atoms with Crippen LogP contribution in [0.2, 0.25) is 0 Å². The smallest absolute Gasteiger partial charge is 0.338 e. The molecule has 0 aliphatic rings. The van der Waals surface area contributed by atoms with Crippen LogP contribution in [-0.2, 0) is 16.1 Å². The topological polar surface area (TPSA) is 55.4 Å². The van der Waals surface area contributed by atoms with Gasteiger partial charge in [-0.3, -0.25) is 4.79 Å². The minimum absolute atomic E-state index is 0.0960. The molecule has 0 bridgehead atoms. The Morgan fingerprint density at radius 1 is 0.960 bits per heavy atom. The molecule has 0 saturated heterocycles. The van der Waals surface area contributed by atoms with Gasteiger partial charge in [0.05, 0.1) is 5.56 Å². The lowest BCUT2D eigenvalue weighted by Crippen LogP contribution is -2.11. The average molecular weight is 333 g/mol. The number of fused-ring (bicyclic) bond motifs is 1. The van der Waals surface area contributed by atoms with E-state index < -0.39 is 5.97 Å². The van der Waals surface area contributed by atoms with Gasteiger partial charge in [-0.1, -0.05) is 55.5 Å². The fraction of sp³-hybridized carbons (Fsp3) is 0.143. The summed E-state index contributed by atoms with van der Waals surface area (Å²) in [5.41, 5.74) is 1.96.